The minimum absolute atomic E-state index is 0.0360. The summed E-state index contributed by atoms with van der Waals surface area (Å²) in [6.45, 7) is 0. The third-order valence-electron chi connectivity index (χ3n) is 7.60. The zero-order chi connectivity index (χ0) is 36.1. The van der Waals surface area contributed by atoms with E-state index in [9.17, 15) is 19.2 Å². The van der Waals surface area contributed by atoms with Gasteiger partial charge in [0.25, 0.3) is 11.8 Å². The van der Waals surface area contributed by atoms with Crippen molar-refractivity contribution >= 4 is 46.7 Å². The van der Waals surface area contributed by atoms with E-state index >= 15 is 8.78 Å². The zero-order valence-corrected chi connectivity index (χ0v) is 26.8. The molecule has 2 aliphatic heterocycles. The quantitative estimate of drug-likeness (QED) is 0.167. The molecule has 0 atom stereocenters. The Kier molecular flexibility index (Phi) is 9.80. The fraction of sp³-hybridized carbons (Fsp3) is 0.156. The summed E-state index contributed by atoms with van der Waals surface area (Å²) in [7, 11) is 2.23. The van der Waals surface area contributed by atoms with Gasteiger partial charge in [-0.1, -0.05) is 0 Å². The number of carbonyl (C=O) groups is 4. The number of aryl methyl sites for hydroxylation is 2. The minimum Gasteiger partial charge on any atom is -0.465 e. The Labute approximate surface area is 287 Å². The molecule has 4 N–H and O–H groups in total. The predicted molar refractivity (Wildman–Crippen MR) is 175 cm³/mol. The second-order valence-corrected chi connectivity index (χ2v) is 10.8. The molecule has 4 heterocycles. The maximum Gasteiger partial charge on any atom is 0.340 e. The first-order valence-corrected chi connectivity index (χ1v) is 15.1. The fourth-order valence-corrected chi connectivity index (χ4v) is 5.04. The van der Waals surface area contributed by atoms with Gasteiger partial charge in [0.2, 0.25) is 0 Å². The molecular formula is C32H27F2N11O6. The molecule has 2 aromatic carbocycles. The number of anilines is 2. The predicted octanol–water partition coefficient (Wildman–Crippen LogP) is 2.44. The molecule has 17 nitrogen and oxygen atoms in total. The second-order valence-electron chi connectivity index (χ2n) is 10.8. The fourth-order valence-electron chi connectivity index (χ4n) is 5.04. The SMILES string of the molecule is COC(=O)c1cc(F)c(CCCc2cc(NC(=O)c3ccc(-n4ccnc4)nn3)c(C(=O)OC)cc2F)cc1NC(=O)C1=NN2NNN=C2C=C1. The van der Waals surface area contributed by atoms with Crippen LogP contribution < -0.4 is 21.7 Å². The van der Waals surface area contributed by atoms with Gasteiger partial charge >= 0.3 is 11.9 Å². The molecule has 0 radical (unpaired) electrons. The number of hydrogen-bond donors (Lipinski definition) is 4. The van der Waals surface area contributed by atoms with Crippen molar-refractivity contribution in [3.8, 4) is 5.82 Å². The number of nitrogens with zero attached hydrogens (tertiary/aromatic N) is 7. The van der Waals surface area contributed by atoms with Crippen LogP contribution in [0.2, 0.25) is 0 Å². The summed E-state index contributed by atoms with van der Waals surface area (Å²) in [6, 6.07) is 7.42. The van der Waals surface area contributed by atoms with Gasteiger partial charge in [-0.15, -0.1) is 25.9 Å². The van der Waals surface area contributed by atoms with E-state index in [0.717, 1.165) is 26.4 Å². The van der Waals surface area contributed by atoms with Crippen molar-refractivity contribution in [2.75, 3.05) is 24.9 Å². The van der Waals surface area contributed by atoms with Crippen molar-refractivity contribution in [2.24, 2.45) is 10.2 Å². The number of carbonyl (C=O) groups excluding carboxylic acids is 4. The number of methoxy groups -OCH3 is 2. The van der Waals surface area contributed by atoms with Crippen molar-refractivity contribution in [3.05, 3.63) is 107 Å². The van der Waals surface area contributed by atoms with Gasteiger partial charge in [-0.25, -0.2) is 28.9 Å². The highest BCUT2D eigenvalue weighted by molar-refractivity contribution is 6.48. The molecule has 4 aromatic rings. The number of esters is 2. The first-order chi connectivity index (χ1) is 24.6. The first-order valence-electron chi connectivity index (χ1n) is 15.1. The van der Waals surface area contributed by atoms with Gasteiger partial charge in [-0.2, -0.15) is 5.12 Å². The smallest absolute Gasteiger partial charge is 0.340 e. The lowest BCUT2D eigenvalue weighted by Crippen LogP contribution is -2.40. The van der Waals surface area contributed by atoms with Crippen LogP contribution in [0.25, 0.3) is 5.82 Å². The van der Waals surface area contributed by atoms with Crippen molar-refractivity contribution < 1.29 is 37.4 Å². The molecule has 2 amide bonds. The second kappa shape index (κ2) is 14.7. The van der Waals surface area contributed by atoms with Crippen LogP contribution in [0.1, 0.15) is 48.8 Å². The number of fused-ring (bicyclic) bond motifs is 1. The number of hydrogen-bond acceptors (Lipinski definition) is 14. The average molecular weight is 700 g/mol. The number of hydrazine groups is 2. The van der Waals surface area contributed by atoms with E-state index in [2.05, 4.69) is 47.1 Å². The van der Waals surface area contributed by atoms with E-state index in [1.54, 1.807) is 23.0 Å². The summed E-state index contributed by atoms with van der Waals surface area (Å²) in [5.74, 6) is -3.91. The zero-order valence-electron chi connectivity index (χ0n) is 26.8. The van der Waals surface area contributed by atoms with Crippen LogP contribution in [0.3, 0.4) is 0 Å². The first kappa shape index (κ1) is 34.0. The Balaban J connectivity index is 1.18. The molecule has 260 valence electrons. The number of halogens is 2. The summed E-state index contributed by atoms with van der Waals surface area (Å²) >= 11 is 0. The normalized spacial score (nSPS) is 13.1. The Bertz CT molecular complexity index is 2120. The summed E-state index contributed by atoms with van der Waals surface area (Å²) in [4.78, 5) is 55.0. The molecule has 2 aliphatic rings. The van der Waals surface area contributed by atoms with Gasteiger partial charge in [0.1, 0.15) is 18.0 Å². The number of aromatic nitrogens is 4. The van der Waals surface area contributed by atoms with Gasteiger partial charge in [-0.3, -0.25) is 14.2 Å². The number of nitrogens with one attached hydrogen (secondary N) is 4. The van der Waals surface area contributed by atoms with Gasteiger partial charge in [0, 0.05) is 12.4 Å². The largest absolute Gasteiger partial charge is 0.465 e. The summed E-state index contributed by atoms with van der Waals surface area (Å²) in [5.41, 5.74) is 4.63. The number of ether oxygens (including phenoxy) is 2. The van der Waals surface area contributed by atoms with Gasteiger partial charge in [-0.05, 0) is 78.9 Å². The number of hydrazone groups is 2. The molecule has 0 saturated heterocycles. The third kappa shape index (κ3) is 7.42. The Morgan fingerprint density at radius 1 is 0.843 bits per heavy atom. The molecule has 0 bridgehead atoms. The molecule has 0 aliphatic carbocycles. The lowest BCUT2D eigenvalue weighted by molar-refractivity contribution is -0.110. The van der Waals surface area contributed by atoms with Gasteiger partial charge < -0.3 is 20.1 Å². The molecule has 2 aromatic heterocycles. The van der Waals surface area contributed by atoms with Crippen molar-refractivity contribution in [1.29, 1.82) is 0 Å². The third-order valence-corrected chi connectivity index (χ3v) is 7.60. The van der Waals surface area contributed by atoms with Crippen LogP contribution in [-0.4, -0.2) is 74.4 Å². The van der Waals surface area contributed by atoms with Crippen LogP contribution in [0.15, 0.2) is 77.5 Å². The lowest BCUT2D eigenvalue weighted by Gasteiger charge is -2.17. The number of amides is 2. The van der Waals surface area contributed by atoms with E-state index in [1.165, 1.54) is 41.8 Å². The highest BCUT2D eigenvalue weighted by atomic mass is 19.1. The highest BCUT2D eigenvalue weighted by Crippen LogP contribution is 2.27. The lowest BCUT2D eigenvalue weighted by atomic mass is 9.99. The van der Waals surface area contributed by atoms with Crippen LogP contribution in [0, 0.1) is 11.6 Å². The topological polar surface area (TPSA) is 206 Å². The average Bonchev–Trinajstić information content (AvgIpc) is 3.86. The number of amidine groups is 1. The molecule has 6 rings (SSSR count). The summed E-state index contributed by atoms with van der Waals surface area (Å²) in [6.07, 6.45) is 7.90. The molecule has 0 saturated carbocycles. The summed E-state index contributed by atoms with van der Waals surface area (Å²) in [5, 5.41) is 22.3. The van der Waals surface area contributed by atoms with E-state index in [4.69, 9.17) is 9.47 Å². The number of imidazole rings is 1. The molecule has 51 heavy (non-hydrogen) atoms. The minimum atomic E-state index is -0.892. The van der Waals surface area contributed by atoms with Crippen LogP contribution in [0.5, 0.6) is 0 Å². The van der Waals surface area contributed by atoms with E-state index in [-0.39, 0.29) is 64.3 Å². The van der Waals surface area contributed by atoms with Crippen molar-refractivity contribution in [1.82, 2.24) is 35.9 Å². The van der Waals surface area contributed by atoms with Gasteiger partial charge in [0.05, 0.1) is 36.7 Å². The van der Waals surface area contributed by atoms with Crippen LogP contribution in [0.4, 0.5) is 20.2 Å². The molecule has 0 fully saturated rings. The van der Waals surface area contributed by atoms with Crippen LogP contribution in [-0.2, 0) is 27.1 Å². The molecule has 0 spiro atoms. The van der Waals surface area contributed by atoms with E-state index < -0.39 is 35.4 Å². The highest BCUT2D eigenvalue weighted by Gasteiger charge is 2.25. The Hall–Kier alpha value is -6.89. The van der Waals surface area contributed by atoms with E-state index in [0.29, 0.717) is 11.7 Å². The molecule has 19 heteroatoms. The maximum absolute atomic E-state index is 15.3. The number of rotatable bonds is 11. The molecule has 0 unspecified atom stereocenters. The van der Waals surface area contributed by atoms with Crippen molar-refractivity contribution in [2.45, 2.75) is 19.3 Å². The van der Waals surface area contributed by atoms with Crippen LogP contribution >= 0.6 is 0 Å². The number of benzene rings is 2. The Morgan fingerprint density at radius 3 is 2.06 bits per heavy atom. The van der Waals surface area contributed by atoms with Crippen molar-refractivity contribution in [3.63, 3.8) is 0 Å². The maximum atomic E-state index is 15.3. The Morgan fingerprint density at radius 2 is 1.49 bits per heavy atom. The standard InChI is InChI=1S/C32H27F2N11O6/c1-50-31(48)19-14-21(33)17(12-25(19)36-29(46)23-6-8-27(39-38-23)44-11-10-35-16-44)4-3-5-18-13-26(20(15-22(18)34)32(49)51-2)37-30(47)24-7-9-28-40-42-43-45(28)41-24/h6-16,42-43H,3-5H2,1-2H3,(H,36,46)(H,37,47). The van der Waals surface area contributed by atoms with Gasteiger partial charge in [0.15, 0.2) is 23.1 Å². The van der Waals surface area contributed by atoms with E-state index in [1.807, 2.05) is 0 Å². The molecular weight excluding hydrogens is 672 g/mol. The monoisotopic (exact) mass is 699 g/mol. The summed E-state index contributed by atoms with van der Waals surface area (Å²) < 4.78 is 41.6.